The van der Waals surface area contributed by atoms with E-state index >= 15 is 0 Å². The quantitative estimate of drug-likeness (QED) is 0.576. The lowest BCUT2D eigenvalue weighted by Gasteiger charge is -2.19. The van der Waals surface area contributed by atoms with Crippen molar-refractivity contribution in [2.24, 2.45) is 0 Å². The Morgan fingerprint density at radius 3 is 2.68 bits per heavy atom. The summed E-state index contributed by atoms with van der Waals surface area (Å²) in [5.41, 5.74) is 6.15. The van der Waals surface area contributed by atoms with Crippen molar-refractivity contribution in [1.82, 2.24) is 4.98 Å². The van der Waals surface area contributed by atoms with E-state index in [0.717, 1.165) is 34.5 Å². The lowest BCUT2D eigenvalue weighted by atomic mass is 9.88. The zero-order valence-corrected chi connectivity index (χ0v) is 11.1. The number of fused-ring (bicyclic) bond motifs is 4. The number of aromatic nitrogens is 1. The van der Waals surface area contributed by atoms with Gasteiger partial charge in [-0.2, -0.15) is 0 Å². The van der Waals surface area contributed by atoms with Gasteiger partial charge >= 0.3 is 0 Å². The number of benzene rings is 2. The van der Waals surface area contributed by atoms with Gasteiger partial charge in [-0.15, -0.1) is 0 Å². The Hall–Kier alpha value is -1.86. The summed E-state index contributed by atoms with van der Waals surface area (Å²) in [7, 11) is 0. The fraction of sp³-hybridized carbons (Fsp3) is 0.118. The maximum Gasteiger partial charge on any atom is 0.0744 e. The first-order chi connectivity index (χ1) is 9.31. The van der Waals surface area contributed by atoms with Gasteiger partial charge in [-0.25, -0.2) is 4.98 Å². The van der Waals surface area contributed by atoms with E-state index < -0.39 is 0 Å². The number of pyridine rings is 1. The van der Waals surface area contributed by atoms with Crippen LogP contribution in [0.15, 0.2) is 48.5 Å². The highest BCUT2D eigenvalue weighted by atomic mass is 35.5. The average Bonchev–Trinajstić information content (AvgIpc) is 2.45. The largest absolute Gasteiger partial charge is 0.247 e. The van der Waals surface area contributed by atoms with E-state index in [4.69, 9.17) is 16.6 Å². The molecule has 1 heterocycles. The van der Waals surface area contributed by atoms with E-state index in [0.29, 0.717) is 0 Å². The molecule has 1 aliphatic rings. The van der Waals surface area contributed by atoms with Gasteiger partial charge in [0.25, 0.3) is 0 Å². The highest BCUT2D eigenvalue weighted by Gasteiger charge is 2.17. The van der Waals surface area contributed by atoms with Gasteiger partial charge in [-0.05, 0) is 48.2 Å². The van der Waals surface area contributed by atoms with Crippen LogP contribution in [0.2, 0.25) is 5.02 Å². The fourth-order valence-electron chi connectivity index (χ4n) is 2.85. The average molecular weight is 266 g/mol. The van der Waals surface area contributed by atoms with Crippen LogP contribution in [0.25, 0.3) is 22.2 Å². The summed E-state index contributed by atoms with van der Waals surface area (Å²) in [6.45, 7) is 0. The predicted molar refractivity (Wildman–Crippen MR) is 79.6 cm³/mol. The maximum atomic E-state index is 6.06. The molecule has 19 heavy (non-hydrogen) atoms. The van der Waals surface area contributed by atoms with Crippen LogP contribution in [0.1, 0.15) is 11.1 Å². The first kappa shape index (κ1) is 11.0. The second-order valence-electron chi connectivity index (χ2n) is 4.99. The Morgan fingerprint density at radius 1 is 0.895 bits per heavy atom. The van der Waals surface area contributed by atoms with E-state index in [1.54, 1.807) is 0 Å². The van der Waals surface area contributed by atoms with E-state index in [1.165, 1.54) is 16.7 Å². The van der Waals surface area contributed by atoms with E-state index in [2.05, 4.69) is 30.3 Å². The first-order valence-electron chi connectivity index (χ1n) is 6.49. The molecule has 0 atom stereocenters. The summed E-state index contributed by atoms with van der Waals surface area (Å²) in [5, 5.41) is 1.90. The van der Waals surface area contributed by atoms with Gasteiger partial charge in [0.15, 0.2) is 0 Å². The van der Waals surface area contributed by atoms with E-state index in [9.17, 15) is 0 Å². The molecule has 1 aliphatic carbocycles. The molecule has 0 amide bonds. The Kier molecular flexibility index (Phi) is 2.36. The maximum absolute atomic E-state index is 6.06. The summed E-state index contributed by atoms with van der Waals surface area (Å²) in [6.07, 6.45) is 2.15. The Balaban J connectivity index is 2.03. The van der Waals surface area contributed by atoms with Gasteiger partial charge in [0.05, 0.1) is 11.2 Å². The van der Waals surface area contributed by atoms with Crippen LogP contribution in [-0.2, 0) is 12.8 Å². The van der Waals surface area contributed by atoms with Gasteiger partial charge in [-0.1, -0.05) is 35.9 Å². The van der Waals surface area contributed by atoms with Crippen molar-refractivity contribution in [1.29, 1.82) is 0 Å². The van der Waals surface area contributed by atoms with Crippen molar-refractivity contribution < 1.29 is 0 Å². The standard InChI is InChI=1S/C17H12ClN/c18-14-7-8-16-13(10-14)9-12-6-5-11-3-1-2-4-15(11)17(12)19-16/h1-4,7-10H,5-6H2. The SMILES string of the molecule is Clc1ccc2nc3c(cc2c1)CCc1ccccc1-3. The fourth-order valence-corrected chi connectivity index (χ4v) is 3.03. The number of nitrogens with zero attached hydrogens (tertiary/aromatic N) is 1. The number of rotatable bonds is 0. The van der Waals surface area contributed by atoms with Crippen molar-refractivity contribution in [2.75, 3.05) is 0 Å². The molecule has 0 saturated heterocycles. The van der Waals surface area contributed by atoms with Crippen molar-refractivity contribution >= 4 is 22.5 Å². The molecule has 2 aromatic carbocycles. The highest BCUT2D eigenvalue weighted by Crippen LogP contribution is 2.34. The molecule has 0 fully saturated rings. The Bertz CT molecular complexity index is 792. The molecule has 1 aromatic heterocycles. The number of halogens is 1. The molecule has 3 aromatic rings. The molecule has 1 nitrogen and oxygen atoms in total. The monoisotopic (exact) mass is 265 g/mol. The molecule has 0 N–H and O–H groups in total. The Labute approximate surface area is 116 Å². The number of hydrogen-bond acceptors (Lipinski definition) is 1. The molecule has 0 radical (unpaired) electrons. The third-order valence-electron chi connectivity index (χ3n) is 3.79. The van der Waals surface area contributed by atoms with Gasteiger partial charge in [0.1, 0.15) is 0 Å². The Morgan fingerprint density at radius 2 is 1.74 bits per heavy atom. The van der Waals surface area contributed by atoms with Gasteiger partial charge < -0.3 is 0 Å². The van der Waals surface area contributed by atoms with Crippen molar-refractivity contribution in [3.05, 3.63) is 64.7 Å². The minimum atomic E-state index is 0.769. The number of aryl methyl sites for hydroxylation is 2. The minimum Gasteiger partial charge on any atom is -0.247 e. The molecular formula is C17H12ClN. The highest BCUT2D eigenvalue weighted by molar-refractivity contribution is 6.31. The molecule has 0 unspecified atom stereocenters. The predicted octanol–water partition coefficient (Wildman–Crippen LogP) is 4.65. The number of hydrogen-bond donors (Lipinski definition) is 0. The minimum absolute atomic E-state index is 0.769. The summed E-state index contributed by atoms with van der Waals surface area (Å²) >= 11 is 6.06. The summed E-state index contributed by atoms with van der Waals surface area (Å²) < 4.78 is 0. The summed E-state index contributed by atoms with van der Waals surface area (Å²) in [5.74, 6) is 0. The normalized spacial score (nSPS) is 13.1. The van der Waals surface area contributed by atoms with E-state index in [-0.39, 0.29) is 0 Å². The van der Waals surface area contributed by atoms with Crippen molar-refractivity contribution in [3.8, 4) is 11.3 Å². The van der Waals surface area contributed by atoms with Crippen LogP contribution in [0.5, 0.6) is 0 Å². The zero-order chi connectivity index (χ0) is 12.8. The van der Waals surface area contributed by atoms with Crippen LogP contribution >= 0.6 is 11.6 Å². The molecule has 0 spiro atoms. The third kappa shape index (κ3) is 1.73. The van der Waals surface area contributed by atoms with Crippen LogP contribution in [-0.4, -0.2) is 4.98 Å². The molecule has 2 heteroatoms. The lowest BCUT2D eigenvalue weighted by molar-refractivity contribution is 0.933. The second kappa shape index (κ2) is 4.07. The van der Waals surface area contributed by atoms with Crippen LogP contribution in [0, 0.1) is 0 Å². The molecule has 0 aliphatic heterocycles. The van der Waals surface area contributed by atoms with Crippen LogP contribution in [0.3, 0.4) is 0 Å². The zero-order valence-electron chi connectivity index (χ0n) is 10.4. The smallest absolute Gasteiger partial charge is 0.0744 e. The molecule has 4 rings (SSSR count). The van der Waals surface area contributed by atoms with Gasteiger partial charge in [-0.3, -0.25) is 0 Å². The topological polar surface area (TPSA) is 12.9 Å². The van der Waals surface area contributed by atoms with Crippen molar-refractivity contribution in [2.45, 2.75) is 12.8 Å². The first-order valence-corrected chi connectivity index (χ1v) is 6.86. The second-order valence-corrected chi connectivity index (χ2v) is 5.43. The lowest BCUT2D eigenvalue weighted by Crippen LogP contribution is -2.05. The summed E-state index contributed by atoms with van der Waals surface area (Å²) in [4.78, 5) is 4.84. The molecule has 92 valence electrons. The van der Waals surface area contributed by atoms with Crippen LogP contribution < -0.4 is 0 Å². The van der Waals surface area contributed by atoms with Crippen molar-refractivity contribution in [3.63, 3.8) is 0 Å². The van der Waals surface area contributed by atoms with Gasteiger partial charge in [0, 0.05) is 16.0 Å². The molecule has 0 bridgehead atoms. The van der Waals surface area contributed by atoms with Crippen LogP contribution in [0.4, 0.5) is 0 Å². The van der Waals surface area contributed by atoms with E-state index in [1.807, 2.05) is 18.2 Å². The summed E-state index contributed by atoms with van der Waals surface area (Å²) in [6, 6.07) is 16.7. The third-order valence-corrected chi connectivity index (χ3v) is 4.03. The van der Waals surface area contributed by atoms with Gasteiger partial charge in [0.2, 0.25) is 0 Å². The molecule has 0 saturated carbocycles. The molecular weight excluding hydrogens is 254 g/mol.